The van der Waals surface area contributed by atoms with Gasteiger partial charge in [0.05, 0.1) is 4.90 Å². The van der Waals surface area contributed by atoms with Crippen molar-refractivity contribution >= 4 is 10.0 Å². The molecule has 18 heavy (non-hydrogen) atoms. The van der Waals surface area contributed by atoms with Gasteiger partial charge in [0.2, 0.25) is 10.0 Å². The lowest BCUT2D eigenvalue weighted by atomic mass is 10.0. The Morgan fingerprint density at radius 2 is 2.17 bits per heavy atom. The second-order valence-corrected chi connectivity index (χ2v) is 5.98. The predicted octanol–water partition coefficient (Wildman–Crippen LogP) is 0.822. The molecular weight excluding hydrogens is 250 g/mol. The second kappa shape index (κ2) is 4.96. The monoisotopic (exact) mass is 265 g/mol. The zero-order valence-electron chi connectivity index (χ0n) is 9.91. The van der Waals surface area contributed by atoms with Crippen LogP contribution in [0, 0.1) is 11.5 Å². The number of primary sulfonamides is 1. The number of nitrogens with zero attached hydrogens (tertiary/aromatic N) is 2. The predicted molar refractivity (Wildman–Crippen MR) is 66.9 cm³/mol. The van der Waals surface area contributed by atoms with Gasteiger partial charge in [-0.25, -0.2) is 13.6 Å². The Balaban J connectivity index is 2.28. The van der Waals surface area contributed by atoms with E-state index in [-0.39, 0.29) is 10.9 Å². The van der Waals surface area contributed by atoms with Crippen LogP contribution in [0.4, 0.5) is 0 Å². The lowest BCUT2D eigenvalue weighted by Crippen LogP contribution is -2.27. The average molecular weight is 265 g/mol. The van der Waals surface area contributed by atoms with Crippen molar-refractivity contribution in [3.05, 3.63) is 29.8 Å². The lowest BCUT2D eigenvalue weighted by Gasteiger charge is -2.19. The molecule has 96 valence electrons. The molecule has 5 nitrogen and oxygen atoms in total. The van der Waals surface area contributed by atoms with E-state index in [0.717, 1.165) is 19.4 Å². The summed E-state index contributed by atoms with van der Waals surface area (Å²) < 4.78 is 23.0. The molecule has 2 rings (SSSR count). The van der Waals surface area contributed by atoms with Crippen molar-refractivity contribution in [1.82, 2.24) is 4.90 Å². The molecule has 0 amide bonds. The summed E-state index contributed by atoms with van der Waals surface area (Å²) in [6.45, 7) is 0.749. The maximum absolute atomic E-state index is 11.5. The van der Waals surface area contributed by atoms with Gasteiger partial charge in [0, 0.05) is 12.6 Å². The highest BCUT2D eigenvalue weighted by Crippen LogP contribution is 2.23. The van der Waals surface area contributed by atoms with E-state index >= 15 is 0 Å². The summed E-state index contributed by atoms with van der Waals surface area (Å²) in [5.74, 6) is 0. The zero-order chi connectivity index (χ0) is 13.2. The van der Waals surface area contributed by atoms with Crippen molar-refractivity contribution < 1.29 is 8.42 Å². The SMILES string of the molecule is N#CN1CCCC1Cc1ccccc1S(N)(=O)=O. The van der Waals surface area contributed by atoms with Crippen LogP contribution < -0.4 is 5.14 Å². The van der Waals surface area contributed by atoms with Crippen molar-refractivity contribution in [2.75, 3.05) is 6.54 Å². The van der Waals surface area contributed by atoms with Gasteiger partial charge in [0.1, 0.15) is 0 Å². The number of hydrogen-bond donors (Lipinski definition) is 1. The van der Waals surface area contributed by atoms with E-state index in [2.05, 4.69) is 6.19 Å². The third-order valence-corrected chi connectivity index (χ3v) is 4.25. The van der Waals surface area contributed by atoms with E-state index in [1.807, 2.05) is 0 Å². The molecule has 0 radical (unpaired) electrons. The molecule has 1 aromatic rings. The molecule has 1 aromatic carbocycles. The van der Waals surface area contributed by atoms with Gasteiger partial charge in [0.25, 0.3) is 0 Å². The number of sulfonamides is 1. The average Bonchev–Trinajstić information content (AvgIpc) is 2.75. The van der Waals surface area contributed by atoms with Crippen LogP contribution >= 0.6 is 0 Å². The Labute approximate surface area is 107 Å². The van der Waals surface area contributed by atoms with Crippen LogP contribution in [0.2, 0.25) is 0 Å². The van der Waals surface area contributed by atoms with E-state index < -0.39 is 10.0 Å². The molecule has 0 bridgehead atoms. The molecular formula is C12H15N3O2S. The molecule has 1 aliphatic rings. The second-order valence-electron chi connectivity index (χ2n) is 4.45. The van der Waals surface area contributed by atoms with Crippen LogP contribution in [0.15, 0.2) is 29.2 Å². The third kappa shape index (κ3) is 2.63. The molecule has 0 aromatic heterocycles. The Kier molecular flexibility index (Phi) is 3.55. The Morgan fingerprint density at radius 1 is 1.44 bits per heavy atom. The highest BCUT2D eigenvalue weighted by Gasteiger charge is 2.25. The summed E-state index contributed by atoms with van der Waals surface area (Å²) in [5.41, 5.74) is 0.687. The van der Waals surface area contributed by atoms with Crippen molar-refractivity contribution in [2.45, 2.75) is 30.2 Å². The summed E-state index contributed by atoms with van der Waals surface area (Å²) >= 11 is 0. The first-order valence-electron chi connectivity index (χ1n) is 5.79. The lowest BCUT2D eigenvalue weighted by molar-refractivity contribution is 0.361. The quantitative estimate of drug-likeness (QED) is 0.820. The highest BCUT2D eigenvalue weighted by molar-refractivity contribution is 7.89. The minimum atomic E-state index is -3.70. The van der Waals surface area contributed by atoms with E-state index in [9.17, 15) is 8.42 Å². The summed E-state index contributed by atoms with van der Waals surface area (Å²) in [7, 11) is -3.70. The van der Waals surface area contributed by atoms with Gasteiger partial charge < -0.3 is 4.90 Å². The maximum atomic E-state index is 11.5. The first kappa shape index (κ1) is 12.9. The zero-order valence-corrected chi connectivity index (χ0v) is 10.7. The van der Waals surface area contributed by atoms with Crippen molar-refractivity contribution in [3.63, 3.8) is 0 Å². The standard InChI is InChI=1S/C12H15N3O2S/c13-9-15-7-3-5-11(15)8-10-4-1-2-6-12(10)18(14,16)17/h1-2,4,6,11H,3,5,7-8H2,(H2,14,16,17). The molecule has 2 N–H and O–H groups in total. The largest absolute Gasteiger partial charge is 0.307 e. The molecule has 1 atom stereocenters. The summed E-state index contributed by atoms with van der Waals surface area (Å²) in [6.07, 6.45) is 4.56. The van der Waals surface area contributed by atoms with Crippen molar-refractivity contribution in [1.29, 1.82) is 5.26 Å². The van der Waals surface area contributed by atoms with E-state index in [4.69, 9.17) is 10.4 Å². The fourth-order valence-electron chi connectivity index (χ4n) is 2.38. The Morgan fingerprint density at radius 3 is 2.83 bits per heavy atom. The topological polar surface area (TPSA) is 87.2 Å². The molecule has 0 aliphatic carbocycles. The van der Waals surface area contributed by atoms with Crippen LogP contribution in [0.25, 0.3) is 0 Å². The number of nitrogens with two attached hydrogens (primary N) is 1. The van der Waals surface area contributed by atoms with Crippen LogP contribution in [0.3, 0.4) is 0 Å². The molecule has 1 aliphatic heterocycles. The van der Waals surface area contributed by atoms with Crippen molar-refractivity contribution in [2.24, 2.45) is 5.14 Å². The molecule has 1 unspecified atom stereocenters. The summed E-state index contributed by atoms with van der Waals surface area (Å²) in [5, 5.41) is 14.2. The molecule has 1 saturated heterocycles. The summed E-state index contributed by atoms with van der Waals surface area (Å²) in [4.78, 5) is 1.87. The molecule has 6 heteroatoms. The molecule has 1 heterocycles. The number of likely N-dealkylation sites (tertiary alicyclic amines) is 1. The van der Waals surface area contributed by atoms with E-state index in [1.54, 1.807) is 23.1 Å². The van der Waals surface area contributed by atoms with Crippen LogP contribution in [-0.4, -0.2) is 25.9 Å². The van der Waals surface area contributed by atoms with Gasteiger partial charge in [-0.2, -0.15) is 5.26 Å². The Bertz CT molecular complexity index is 577. The highest BCUT2D eigenvalue weighted by atomic mass is 32.2. The van der Waals surface area contributed by atoms with Crippen molar-refractivity contribution in [3.8, 4) is 6.19 Å². The number of nitriles is 1. The van der Waals surface area contributed by atoms with Crippen LogP contribution in [-0.2, 0) is 16.4 Å². The van der Waals surface area contributed by atoms with Gasteiger partial charge in [0.15, 0.2) is 6.19 Å². The molecule has 1 fully saturated rings. The van der Waals surface area contributed by atoms with Gasteiger partial charge >= 0.3 is 0 Å². The van der Waals surface area contributed by atoms with E-state index in [0.29, 0.717) is 12.0 Å². The normalized spacial score (nSPS) is 19.8. The van der Waals surface area contributed by atoms with Gasteiger partial charge in [-0.1, -0.05) is 18.2 Å². The van der Waals surface area contributed by atoms with Crippen LogP contribution in [0.5, 0.6) is 0 Å². The molecule has 0 spiro atoms. The fourth-order valence-corrected chi connectivity index (χ4v) is 3.17. The van der Waals surface area contributed by atoms with E-state index in [1.165, 1.54) is 6.07 Å². The summed E-state index contributed by atoms with van der Waals surface area (Å²) in [6, 6.07) is 6.79. The first-order valence-corrected chi connectivity index (χ1v) is 7.34. The maximum Gasteiger partial charge on any atom is 0.238 e. The van der Waals surface area contributed by atoms with Gasteiger partial charge in [-0.05, 0) is 30.9 Å². The first-order chi connectivity index (χ1) is 8.52. The van der Waals surface area contributed by atoms with Gasteiger partial charge in [-0.15, -0.1) is 0 Å². The third-order valence-electron chi connectivity index (χ3n) is 3.24. The number of benzene rings is 1. The smallest absolute Gasteiger partial charge is 0.238 e. The van der Waals surface area contributed by atoms with Gasteiger partial charge in [-0.3, -0.25) is 0 Å². The number of hydrogen-bond acceptors (Lipinski definition) is 4. The molecule has 0 saturated carbocycles. The minimum absolute atomic E-state index is 0.0814. The van der Waals surface area contributed by atoms with Crippen LogP contribution in [0.1, 0.15) is 18.4 Å². The minimum Gasteiger partial charge on any atom is -0.307 e. The Hall–Kier alpha value is -1.58. The fraction of sp³-hybridized carbons (Fsp3) is 0.417. The number of rotatable bonds is 3.